The van der Waals surface area contributed by atoms with Crippen LogP contribution in [0.3, 0.4) is 0 Å². The standard InChI is InChI=1S/C23H16ClN3O4S/c24-20-7-2-1-6-19(20)23-26-21(14-32-23)15-4-3-5-16(12-15)25-22(28)13-31-18-10-8-17(9-11-18)27(29)30/h1-12,14H,13H2,(H,25,28). The zero-order chi connectivity index (χ0) is 22.5. The molecule has 0 spiro atoms. The number of anilines is 1. The number of thiazole rings is 1. The molecule has 1 N–H and O–H groups in total. The van der Waals surface area contributed by atoms with Crippen LogP contribution >= 0.6 is 22.9 Å². The molecule has 0 bridgehead atoms. The van der Waals surface area contributed by atoms with E-state index in [1.807, 2.05) is 47.8 Å². The molecular formula is C23H16ClN3O4S. The van der Waals surface area contributed by atoms with Crippen molar-refractivity contribution in [3.8, 4) is 27.6 Å². The summed E-state index contributed by atoms with van der Waals surface area (Å²) in [7, 11) is 0. The highest BCUT2D eigenvalue weighted by Gasteiger charge is 2.11. The van der Waals surface area contributed by atoms with E-state index in [0.717, 1.165) is 21.8 Å². The molecule has 0 saturated heterocycles. The van der Waals surface area contributed by atoms with Crippen LogP contribution in [0, 0.1) is 10.1 Å². The molecule has 0 atom stereocenters. The topological polar surface area (TPSA) is 94.4 Å². The van der Waals surface area contributed by atoms with E-state index in [2.05, 4.69) is 10.3 Å². The summed E-state index contributed by atoms with van der Waals surface area (Å²) in [5, 5.41) is 16.9. The minimum atomic E-state index is -0.497. The average molecular weight is 466 g/mol. The second-order valence-electron chi connectivity index (χ2n) is 6.69. The molecule has 0 saturated carbocycles. The van der Waals surface area contributed by atoms with Gasteiger partial charge in [0.15, 0.2) is 6.61 Å². The van der Waals surface area contributed by atoms with Crippen LogP contribution in [0.1, 0.15) is 0 Å². The minimum Gasteiger partial charge on any atom is -0.484 e. The van der Waals surface area contributed by atoms with Crippen LogP contribution in [0.4, 0.5) is 11.4 Å². The van der Waals surface area contributed by atoms with Gasteiger partial charge in [-0.1, -0.05) is 41.9 Å². The van der Waals surface area contributed by atoms with Gasteiger partial charge in [0.1, 0.15) is 10.8 Å². The smallest absolute Gasteiger partial charge is 0.269 e. The highest BCUT2D eigenvalue weighted by Crippen LogP contribution is 2.33. The Morgan fingerprint density at radius 1 is 1.09 bits per heavy atom. The van der Waals surface area contributed by atoms with Gasteiger partial charge < -0.3 is 10.1 Å². The van der Waals surface area contributed by atoms with Crippen molar-refractivity contribution in [3.05, 3.63) is 93.3 Å². The van der Waals surface area contributed by atoms with Crippen molar-refractivity contribution < 1.29 is 14.5 Å². The maximum absolute atomic E-state index is 12.3. The molecule has 1 aromatic heterocycles. The third-order valence-electron chi connectivity index (χ3n) is 4.47. The first-order valence-electron chi connectivity index (χ1n) is 9.47. The van der Waals surface area contributed by atoms with Gasteiger partial charge in [0.25, 0.3) is 11.6 Å². The molecule has 7 nitrogen and oxygen atoms in total. The van der Waals surface area contributed by atoms with E-state index >= 15 is 0 Å². The van der Waals surface area contributed by atoms with E-state index in [1.165, 1.54) is 35.6 Å². The van der Waals surface area contributed by atoms with Crippen molar-refractivity contribution in [1.82, 2.24) is 4.98 Å². The van der Waals surface area contributed by atoms with Crippen LogP contribution in [0.2, 0.25) is 5.02 Å². The molecule has 3 aromatic carbocycles. The molecule has 1 heterocycles. The summed E-state index contributed by atoms with van der Waals surface area (Å²) in [4.78, 5) is 27.1. The summed E-state index contributed by atoms with van der Waals surface area (Å²) >= 11 is 7.76. The highest BCUT2D eigenvalue weighted by atomic mass is 35.5. The Balaban J connectivity index is 1.40. The number of benzene rings is 3. The Hall–Kier alpha value is -3.75. The summed E-state index contributed by atoms with van der Waals surface area (Å²) in [6.07, 6.45) is 0. The molecule has 0 unspecified atom stereocenters. The number of carbonyl (C=O) groups is 1. The summed E-state index contributed by atoms with van der Waals surface area (Å²) in [6, 6.07) is 20.4. The number of nitrogens with one attached hydrogen (secondary N) is 1. The van der Waals surface area contributed by atoms with Gasteiger partial charge in [-0.15, -0.1) is 11.3 Å². The van der Waals surface area contributed by atoms with Gasteiger partial charge in [-0.3, -0.25) is 14.9 Å². The van der Waals surface area contributed by atoms with E-state index < -0.39 is 4.92 Å². The summed E-state index contributed by atoms with van der Waals surface area (Å²) in [6.45, 7) is -0.227. The first-order chi connectivity index (χ1) is 15.5. The number of rotatable bonds is 7. The summed E-state index contributed by atoms with van der Waals surface area (Å²) in [5.41, 5.74) is 3.07. The number of carbonyl (C=O) groups excluding carboxylic acids is 1. The van der Waals surface area contributed by atoms with Crippen LogP contribution in [-0.4, -0.2) is 22.4 Å². The molecule has 32 heavy (non-hydrogen) atoms. The highest BCUT2D eigenvalue weighted by molar-refractivity contribution is 7.13. The van der Waals surface area contributed by atoms with Crippen LogP contribution in [0.15, 0.2) is 78.2 Å². The molecular weight excluding hydrogens is 450 g/mol. The van der Waals surface area contributed by atoms with E-state index in [-0.39, 0.29) is 18.2 Å². The molecule has 0 radical (unpaired) electrons. The van der Waals surface area contributed by atoms with Crippen molar-refractivity contribution in [2.75, 3.05) is 11.9 Å². The quantitative estimate of drug-likeness (QED) is 0.264. The largest absolute Gasteiger partial charge is 0.484 e. The number of nitrogens with zero attached hydrogens (tertiary/aromatic N) is 2. The Morgan fingerprint density at radius 3 is 2.62 bits per heavy atom. The number of hydrogen-bond acceptors (Lipinski definition) is 6. The molecule has 0 aliphatic heterocycles. The lowest BCUT2D eigenvalue weighted by molar-refractivity contribution is -0.384. The second-order valence-corrected chi connectivity index (χ2v) is 7.95. The zero-order valence-corrected chi connectivity index (χ0v) is 18.1. The first kappa shape index (κ1) is 21.5. The van der Waals surface area contributed by atoms with Crippen LogP contribution in [0.25, 0.3) is 21.8 Å². The fourth-order valence-electron chi connectivity index (χ4n) is 2.93. The van der Waals surface area contributed by atoms with Crippen molar-refractivity contribution in [2.45, 2.75) is 0 Å². The zero-order valence-electron chi connectivity index (χ0n) is 16.5. The van der Waals surface area contributed by atoms with Crippen LogP contribution in [-0.2, 0) is 4.79 Å². The third-order valence-corrected chi connectivity index (χ3v) is 5.67. The minimum absolute atomic E-state index is 0.0432. The lowest BCUT2D eigenvalue weighted by atomic mass is 10.1. The molecule has 0 fully saturated rings. The van der Waals surface area contributed by atoms with Crippen molar-refractivity contribution in [1.29, 1.82) is 0 Å². The lowest BCUT2D eigenvalue weighted by Crippen LogP contribution is -2.20. The lowest BCUT2D eigenvalue weighted by Gasteiger charge is -2.08. The van der Waals surface area contributed by atoms with E-state index in [1.54, 1.807) is 6.07 Å². The SMILES string of the molecule is O=C(COc1ccc([N+](=O)[O-])cc1)Nc1cccc(-c2csc(-c3ccccc3Cl)n2)c1. The predicted octanol–water partition coefficient (Wildman–Crippen LogP) is 6.06. The number of aromatic nitrogens is 1. The number of ether oxygens (including phenoxy) is 1. The molecule has 0 aliphatic rings. The molecule has 160 valence electrons. The molecule has 4 rings (SSSR count). The Labute approximate surface area is 192 Å². The second kappa shape index (κ2) is 9.59. The van der Waals surface area contributed by atoms with Gasteiger partial charge in [0.2, 0.25) is 0 Å². The fourth-order valence-corrected chi connectivity index (χ4v) is 4.08. The van der Waals surface area contributed by atoms with Gasteiger partial charge in [0, 0.05) is 34.3 Å². The van der Waals surface area contributed by atoms with Gasteiger partial charge in [-0.2, -0.15) is 0 Å². The van der Waals surface area contributed by atoms with Crippen molar-refractivity contribution in [3.63, 3.8) is 0 Å². The monoisotopic (exact) mass is 465 g/mol. The van der Waals surface area contributed by atoms with E-state index in [0.29, 0.717) is 16.5 Å². The van der Waals surface area contributed by atoms with Gasteiger partial charge in [-0.25, -0.2) is 4.98 Å². The van der Waals surface area contributed by atoms with Crippen LogP contribution in [0.5, 0.6) is 5.75 Å². The number of nitro benzene ring substituents is 1. The predicted molar refractivity (Wildman–Crippen MR) is 125 cm³/mol. The third kappa shape index (κ3) is 5.11. The summed E-state index contributed by atoms with van der Waals surface area (Å²) < 4.78 is 5.40. The first-order valence-corrected chi connectivity index (χ1v) is 10.7. The Kier molecular flexibility index (Phi) is 6.44. The van der Waals surface area contributed by atoms with Crippen molar-refractivity contribution in [2.24, 2.45) is 0 Å². The molecule has 1 amide bonds. The molecule has 0 aliphatic carbocycles. The van der Waals surface area contributed by atoms with Gasteiger partial charge in [-0.05, 0) is 30.3 Å². The fraction of sp³-hybridized carbons (Fsp3) is 0.0435. The Bertz CT molecular complexity index is 1270. The average Bonchev–Trinajstić information content (AvgIpc) is 3.28. The normalized spacial score (nSPS) is 10.5. The van der Waals surface area contributed by atoms with Gasteiger partial charge >= 0.3 is 0 Å². The van der Waals surface area contributed by atoms with E-state index in [9.17, 15) is 14.9 Å². The Morgan fingerprint density at radius 2 is 1.88 bits per heavy atom. The molecule has 9 heteroatoms. The maximum Gasteiger partial charge on any atom is 0.269 e. The van der Waals surface area contributed by atoms with E-state index in [4.69, 9.17) is 16.3 Å². The van der Waals surface area contributed by atoms with Gasteiger partial charge in [0.05, 0.1) is 15.6 Å². The molecule has 4 aromatic rings. The number of nitro groups is 1. The van der Waals surface area contributed by atoms with Crippen LogP contribution < -0.4 is 10.1 Å². The number of halogens is 1. The summed E-state index contributed by atoms with van der Waals surface area (Å²) in [5.74, 6) is 0.0182. The number of amides is 1. The number of hydrogen-bond donors (Lipinski definition) is 1. The maximum atomic E-state index is 12.3. The van der Waals surface area contributed by atoms with Crippen molar-refractivity contribution >= 4 is 40.2 Å². The number of non-ortho nitro benzene ring substituents is 1.